The largest absolute Gasteiger partial charge is 0.573 e. The van der Waals surface area contributed by atoms with Gasteiger partial charge in [-0.2, -0.15) is 0 Å². The molecule has 10 heteroatoms. The van der Waals surface area contributed by atoms with Crippen molar-refractivity contribution in [2.45, 2.75) is 6.36 Å². The van der Waals surface area contributed by atoms with Crippen LogP contribution in [0.1, 0.15) is 20.7 Å². The minimum atomic E-state index is -4.84. The van der Waals surface area contributed by atoms with Gasteiger partial charge in [0.1, 0.15) is 5.75 Å². The van der Waals surface area contributed by atoms with E-state index in [4.69, 9.17) is 0 Å². The molecule has 35 heavy (non-hydrogen) atoms. The van der Waals surface area contributed by atoms with Gasteiger partial charge in [-0.15, -0.1) is 13.2 Å². The summed E-state index contributed by atoms with van der Waals surface area (Å²) in [7, 11) is 3.84. The molecule has 0 spiro atoms. The summed E-state index contributed by atoms with van der Waals surface area (Å²) in [4.78, 5) is 27.4. The molecule has 0 saturated carbocycles. The summed E-state index contributed by atoms with van der Waals surface area (Å²) in [6.07, 6.45) is -4.84. The van der Waals surface area contributed by atoms with Gasteiger partial charge < -0.3 is 25.6 Å². The molecule has 0 unspecified atom stereocenters. The van der Waals surface area contributed by atoms with Crippen LogP contribution in [0.5, 0.6) is 5.75 Å². The van der Waals surface area contributed by atoms with E-state index >= 15 is 0 Å². The number of nitrogens with zero attached hydrogens (tertiary/aromatic N) is 1. The van der Waals surface area contributed by atoms with Crippen molar-refractivity contribution in [3.63, 3.8) is 0 Å². The van der Waals surface area contributed by atoms with Crippen LogP contribution in [0, 0.1) is 0 Å². The van der Waals surface area contributed by atoms with Gasteiger partial charge in [-0.1, -0.05) is 18.2 Å². The first-order chi connectivity index (χ1) is 16.6. The molecule has 3 aromatic carbocycles. The molecule has 0 atom stereocenters. The number of carbonyl (C=O) groups excluding carboxylic acids is 2. The Morgan fingerprint density at radius 3 is 2.43 bits per heavy atom. The Kier molecular flexibility index (Phi) is 6.65. The van der Waals surface area contributed by atoms with E-state index in [0.29, 0.717) is 41.2 Å². The number of fused-ring (bicyclic) bond motifs is 2. The zero-order chi connectivity index (χ0) is 25.2. The lowest BCUT2D eigenvalue weighted by atomic mass is 9.99. The summed E-state index contributed by atoms with van der Waals surface area (Å²) >= 11 is 0. The number of anilines is 3. The molecule has 0 bridgehead atoms. The van der Waals surface area contributed by atoms with Crippen LogP contribution in [0.4, 0.5) is 30.2 Å². The van der Waals surface area contributed by atoms with Crippen molar-refractivity contribution in [3.05, 3.63) is 71.8 Å². The molecule has 182 valence electrons. The van der Waals surface area contributed by atoms with E-state index in [9.17, 15) is 22.8 Å². The maximum absolute atomic E-state index is 12.9. The van der Waals surface area contributed by atoms with E-state index in [-0.39, 0.29) is 11.6 Å². The Balaban J connectivity index is 1.57. The molecule has 0 aliphatic carbocycles. The summed E-state index contributed by atoms with van der Waals surface area (Å²) in [6, 6.07) is 15.9. The third-order valence-electron chi connectivity index (χ3n) is 5.31. The van der Waals surface area contributed by atoms with Crippen LogP contribution in [0.2, 0.25) is 0 Å². The summed E-state index contributed by atoms with van der Waals surface area (Å²) < 4.78 is 41.7. The highest BCUT2D eigenvalue weighted by Crippen LogP contribution is 2.37. The minimum absolute atomic E-state index is 0.158. The first-order valence-corrected chi connectivity index (χ1v) is 10.7. The normalized spacial score (nSPS) is 12.7. The third-order valence-corrected chi connectivity index (χ3v) is 5.31. The number of hydrogen-bond acceptors (Lipinski definition) is 5. The topological polar surface area (TPSA) is 82.7 Å². The number of halogens is 3. The van der Waals surface area contributed by atoms with Gasteiger partial charge in [-0.25, -0.2) is 0 Å². The van der Waals surface area contributed by atoms with Crippen molar-refractivity contribution in [3.8, 4) is 16.9 Å². The molecule has 1 heterocycles. The molecule has 1 aliphatic rings. The van der Waals surface area contributed by atoms with Crippen molar-refractivity contribution >= 4 is 28.9 Å². The number of alkyl halides is 3. The van der Waals surface area contributed by atoms with Crippen LogP contribution in [-0.2, 0) is 0 Å². The van der Waals surface area contributed by atoms with E-state index in [2.05, 4.69) is 20.7 Å². The zero-order valence-electron chi connectivity index (χ0n) is 19.0. The van der Waals surface area contributed by atoms with E-state index < -0.39 is 18.0 Å². The summed E-state index contributed by atoms with van der Waals surface area (Å²) in [5.41, 5.74) is 3.31. The van der Waals surface area contributed by atoms with Gasteiger partial charge in [0.25, 0.3) is 11.8 Å². The predicted octanol–water partition coefficient (Wildman–Crippen LogP) is 4.85. The number of hydrogen-bond donors (Lipinski definition) is 3. The van der Waals surface area contributed by atoms with Crippen LogP contribution in [-0.4, -0.2) is 50.3 Å². The van der Waals surface area contributed by atoms with Gasteiger partial charge >= 0.3 is 6.36 Å². The van der Waals surface area contributed by atoms with Crippen molar-refractivity contribution < 1.29 is 27.5 Å². The second-order valence-corrected chi connectivity index (χ2v) is 8.23. The maximum atomic E-state index is 12.9. The SMILES string of the molecule is CN(C)CCNC(=O)c1cccc(-c2ccc3c(c2)C(=O)Nc2cc(OC(F)(F)F)ccc2N3)c1. The molecular weight excluding hydrogens is 461 g/mol. The lowest BCUT2D eigenvalue weighted by Gasteiger charge is -2.13. The predicted molar refractivity (Wildman–Crippen MR) is 127 cm³/mol. The summed E-state index contributed by atoms with van der Waals surface area (Å²) in [6.45, 7) is 1.22. The van der Waals surface area contributed by atoms with Gasteiger partial charge in [-0.3, -0.25) is 9.59 Å². The van der Waals surface area contributed by atoms with E-state index in [1.165, 1.54) is 12.1 Å². The fourth-order valence-electron chi connectivity index (χ4n) is 3.62. The highest BCUT2D eigenvalue weighted by molar-refractivity contribution is 6.12. The fourth-order valence-corrected chi connectivity index (χ4v) is 3.62. The average molecular weight is 484 g/mol. The molecule has 3 N–H and O–H groups in total. The first-order valence-electron chi connectivity index (χ1n) is 10.7. The van der Waals surface area contributed by atoms with E-state index in [0.717, 1.165) is 11.6 Å². The van der Waals surface area contributed by atoms with E-state index in [1.54, 1.807) is 36.4 Å². The molecule has 3 aromatic rings. The average Bonchev–Trinajstić information content (AvgIpc) is 2.93. The Morgan fingerprint density at radius 1 is 0.943 bits per heavy atom. The smallest absolute Gasteiger partial charge is 0.406 e. The molecular formula is C25H23F3N4O3. The molecule has 1 aliphatic heterocycles. The second kappa shape index (κ2) is 9.67. The van der Waals surface area contributed by atoms with E-state index in [1.807, 2.05) is 25.1 Å². The number of rotatable bonds is 6. The van der Waals surface area contributed by atoms with Crippen LogP contribution in [0.15, 0.2) is 60.7 Å². The van der Waals surface area contributed by atoms with Crippen molar-refractivity contribution in [1.29, 1.82) is 0 Å². The quantitative estimate of drug-likeness (QED) is 0.466. The van der Waals surface area contributed by atoms with Crippen molar-refractivity contribution in [1.82, 2.24) is 10.2 Å². The van der Waals surface area contributed by atoms with Crippen LogP contribution < -0.4 is 20.7 Å². The molecule has 0 radical (unpaired) electrons. The lowest BCUT2D eigenvalue weighted by Crippen LogP contribution is -2.31. The Bertz CT molecular complexity index is 1280. The van der Waals surface area contributed by atoms with Gasteiger partial charge in [0.15, 0.2) is 0 Å². The monoisotopic (exact) mass is 484 g/mol. The molecule has 4 rings (SSSR count). The lowest BCUT2D eigenvalue weighted by molar-refractivity contribution is -0.274. The number of benzene rings is 3. The number of carbonyl (C=O) groups is 2. The first kappa shape index (κ1) is 24.1. The van der Waals surface area contributed by atoms with Gasteiger partial charge in [0.2, 0.25) is 0 Å². The van der Waals surface area contributed by atoms with Gasteiger partial charge in [0, 0.05) is 24.7 Å². The number of likely N-dealkylation sites (N-methyl/N-ethyl adjacent to an activating group) is 1. The number of amides is 2. The van der Waals surface area contributed by atoms with Gasteiger partial charge in [0.05, 0.1) is 22.6 Å². The second-order valence-electron chi connectivity index (χ2n) is 8.23. The molecule has 2 amide bonds. The number of nitrogens with one attached hydrogen (secondary N) is 3. The molecule has 7 nitrogen and oxygen atoms in total. The highest BCUT2D eigenvalue weighted by Gasteiger charge is 2.31. The highest BCUT2D eigenvalue weighted by atomic mass is 19.4. The maximum Gasteiger partial charge on any atom is 0.573 e. The van der Waals surface area contributed by atoms with Crippen molar-refractivity contribution in [2.75, 3.05) is 37.8 Å². The minimum Gasteiger partial charge on any atom is -0.406 e. The van der Waals surface area contributed by atoms with Crippen molar-refractivity contribution in [2.24, 2.45) is 0 Å². The Hall–Kier alpha value is -4.05. The molecule has 0 saturated heterocycles. The molecule has 0 fully saturated rings. The fraction of sp³-hybridized carbons (Fsp3) is 0.200. The van der Waals surface area contributed by atoms with Crippen LogP contribution >= 0.6 is 0 Å². The third kappa shape index (κ3) is 5.90. The van der Waals surface area contributed by atoms with Crippen LogP contribution in [0.3, 0.4) is 0 Å². The summed E-state index contributed by atoms with van der Waals surface area (Å²) in [5, 5.41) is 8.57. The Labute approximate surface area is 199 Å². The Morgan fingerprint density at radius 2 is 1.69 bits per heavy atom. The summed E-state index contributed by atoms with van der Waals surface area (Å²) in [5.74, 6) is -1.13. The van der Waals surface area contributed by atoms with Gasteiger partial charge in [-0.05, 0) is 61.6 Å². The van der Waals surface area contributed by atoms with Crippen LogP contribution in [0.25, 0.3) is 11.1 Å². The standard InChI is InChI=1S/C25H23F3N4O3/c1-32(2)11-10-29-23(33)17-5-3-4-15(12-17)16-6-8-20-19(13-16)24(34)31-22-14-18(35-25(26,27)28)7-9-21(22)30-20/h3-9,12-14,30H,10-11H2,1-2H3,(H,29,33)(H,31,34). The number of ether oxygens (including phenoxy) is 1. The zero-order valence-corrected chi connectivity index (χ0v) is 19.0. The molecule has 0 aromatic heterocycles.